The van der Waals surface area contributed by atoms with Gasteiger partial charge in [-0.25, -0.2) is 4.68 Å². The van der Waals surface area contributed by atoms with Crippen LogP contribution in [0.2, 0.25) is 0 Å². The highest BCUT2D eigenvalue weighted by atomic mass is 16.1. The fourth-order valence-electron chi connectivity index (χ4n) is 2.59. The van der Waals surface area contributed by atoms with Crippen molar-refractivity contribution in [1.29, 1.82) is 0 Å². The number of nitrogens with one attached hydrogen (secondary N) is 1. The van der Waals surface area contributed by atoms with Crippen molar-refractivity contribution in [3.63, 3.8) is 0 Å². The molecule has 1 N–H and O–H groups in total. The van der Waals surface area contributed by atoms with Gasteiger partial charge in [-0.05, 0) is 43.2 Å². The smallest absolute Gasteiger partial charge is 0.266 e. The van der Waals surface area contributed by atoms with E-state index in [1.54, 1.807) is 18.5 Å². The van der Waals surface area contributed by atoms with E-state index in [0.29, 0.717) is 25.1 Å². The van der Waals surface area contributed by atoms with E-state index in [4.69, 9.17) is 0 Å². The standard InChI is InChI=1S/C20H20N4O2/c1-15-6-2-3-8-17(15)22-19(25)9-5-13-24-20(26)11-10-18(23-24)16-7-4-12-21-14-16/h2-4,6-8,10-12,14H,5,9,13H2,1H3,(H,22,25). The number of carbonyl (C=O) groups is 1. The number of aryl methyl sites for hydroxylation is 2. The minimum atomic E-state index is -0.183. The topological polar surface area (TPSA) is 76.9 Å². The molecule has 0 spiro atoms. The lowest BCUT2D eigenvalue weighted by Crippen LogP contribution is -2.23. The van der Waals surface area contributed by atoms with Crippen LogP contribution in [0.1, 0.15) is 18.4 Å². The zero-order valence-electron chi connectivity index (χ0n) is 14.6. The molecule has 0 saturated heterocycles. The molecule has 2 heterocycles. The van der Waals surface area contributed by atoms with Crippen molar-refractivity contribution >= 4 is 11.6 Å². The van der Waals surface area contributed by atoms with Gasteiger partial charge in [-0.1, -0.05) is 18.2 Å². The Morgan fingerprint density at radius 1 is 1.12 bits per heavy atom. The molecule has 3 aromatic rings. The number of carbonyl (C=O) groups excluding carboxylic acids is 1. The maximum absolute atomic E-state index is 12.1. The highest BCUT2D eigenvalue weighted by Gasteiger charge is 2.07. The maximum atomic E-state index is 12.1. The van der Waals surface area contributed by atoms with Crippen LogP contribution >= 0.6 is 0 Å². The molecule has 3 rings (SSSR count). The summed E-state index contributed by atoms with van der Waals surface area (Å²) >= 11 is 0. The number of rotatable bonds is 6. The Morgan fingerprint density at radius 2 is 1.96 bits per heavy atom. The molecule has 6 nitrogen and oxygen atoms in total. The number of hydrogen-bond acceptors (Lipinski definition) is 4. The molecule has 1 aromatic carbocycles. The lowest BCUT2D eigenvalue weighted by molar-refractivity contribution is -0.116. The van der Waals surface area contributed by atoms with E-state index in [-0.39, 0.29) is 11.5 Å². The van der Waals surface area contributed by atoms with E-state index >= 15 is 0 Å². The molecule has 132 valence electrons. The summed E-state index contributed by atoms with van der Waals surface area (Å²) < 4.78 is 1.39. The first-order chi connectivity index (χ1) is 12.6. The van der Waals surface area contributed by atoms with Crippen LogP contribution in [0.25, 0.3) is 11.3 Å². The van der Waals surface area contributed by atoms with Crippen LogP contribution in [-0.2, 0) is 11.3 Å². The molecule has 0 bridgehead atoms. The summed E-state index contributed by atoms with van der Waals surface area (Å²) in [6.45, 7) is 2.33. The third-order valence-electron chi connectivity index (χ3n) is 4.02. The highest BCUT2D eigenvalue weighted by Crippen LogP contribution is 2.14. The van der Waals surface area contributed by atoms with E-state index in [1.807, 2.05) is 43.3 Å². The average molecular weight is 348 g/mol. The summed E-state index contributed by atoms with van der Waals surface area (Å²) in [7, 11) is 0. The van der Waals surface area contributed by atoms with Crippen LogP contribution < -0.4 is 10.9 Å². The van der Waals surface area contributed by atoms with Gasteiger partial charge in [0.25, 0.3) is 5.56 Å². The number of amides is 1. The Labute approximate surface area is 151 Å². The Hall–Kier alpha value is -3.28. The molecule has 0 saturated carbocycles. The summed E-state index contributed by atoms with van der Waals surface area (Å²) in [4.78, 5) is 28.2. The molecule has 6 heteroatoms. The molecular weight excluding hydrogens is 328 g/mol. The van der Waals surface area contributed by atoms with Gasteiger partial charge in [-0.15, -0.1) is 0 Å². The number of aromatic nitrogens is 3. The maximum Gasteiger partial charge on any atom is 0.266 e. The molecule has 0 atom stereocenters. The second kappa shape index (κ2) is 8.20. The van der Waals surface area contributed by atoms with Crippen molar-refractivity contribution in [2.24, 2.45) is 0 Å². The molecular formula is C20H20N4O2. The average Bonchev–Trinajstić information content (AvgIpc) is 2.66. The first-order valence-electron chi connectivity index (χ1n) is 8.47. The number of para-hydroxylation sites is 1. The monoisotopic (exact) mass is 348 g/mol. The predicted octanol–water partition coefficient (Wildman–Crippen LogP) is 3.03. The number of anilines is 1. The molecule has 0 fully saturated rings. The third-order valence-corrected chi connectivity index (χ3v) is 4.02. The molecule has 0 aliphatic rings. The zero-order chi connectivity index (χ0) is 18.4. The summed E-state index contributed by atoms with van der Waals surface area (Å²) in [5.41, 5.74) is 3.17. The Kier molecular flexibility index (Phi) is 5.53. The molecule has 1 amide bonds. The Balaban J connectivity index is 1.60. The van der Waals surface area contributed by atoms with E-state index in [9.17, 15) is 9.59 Å². The van der Waals surface area contributed by atoms with Gasteiger partial charge in [0.05, 0.1) is 5.69 Å². The quantitative estimate of drug-likeness (QED) is 0.743. The van der Waals surface area contributed by atoms with Gasteiger partial charge in [0.2, 0.25) is 5.91 Å². The van der Waals surface area contributed by atoms with Crippen LogP contribution in [0.4, 0.5) is 5.69 Å². The summed E-state index contributed by atoms with van der Waals surface area (Å²) in [5, 5.41) is 7.26. The molecule has 0 radical (unpaired) electrons. The van der Waals surface area contributed by atoms with Gasteiger partial charge in [0.15, 0.2) is 0 Å². The summed E-state index contributed by atoms with van der Waals surface area (Å²) in [6.07, 6.45) is 4.24. The normalized spacial score (nSPS) is 10.5. The van der Waals surface area contributed by atoms with Crippen molar-refractivity contribution in [3.05, 3.63) is 76.8 Å². The van der Waals surface area contributed by atoms with Gasteiger partial charge in [0, 0.05) is 42.7 Å². The van der Waals surface area contributed by atoms with Crippen molar-refractivity contribution in [3.8, 4) is 11.3 Å². The van der Waals surface area contributed by atoms with E-state index in [1.165, 1.54) is 10.7 Å². The van der Waals surface area contributed by atoms with E-state index < -0.39 is 0 Å². The van der Waals surface area contributed by atoms with Crippen molar-refractivity contribution in [1.82, 2.24) is 14.8 Å². The van der Waals surface area contributed by atoms with Crippen molar-refractivity contribution in [2.45, 2.75) is 26.3 Å². The van der Waals surface area contributed by atoms with Gasteiger partial charge in [-0.3, -0.25) is 14.6 Å². The first-order valence-corrected chi connectivity index (χ1v) is 8.47. The number of benzene rings is 1. The van der Waals surface area contributed by atoms with Crippen LogP contribution in [0.3, 0.4) is 0 Å². The second-order valence-corrected chi connectivity index (χ2v) is 5.99. The Morgan fingerprint density at radius 3 is 2.73 bits per heavy atom. The highest BCUT2D eigenvalue weighted by molar-refractivity contribution is 5.91. The SMILES string of the molecule is Cc1ccccc1NC(=O)CCCn1nc(-c2cccnc2)ccc1=O. The predicted molar refractivity (Wildman–Crippen MR) is 101 cm³/mol. The minimum absolute atomic E-state index is 0.0734. The fourth-order valence-corrected chi connectivity index (χ4v) is 2.59. The summed E-state index contributed by atoms with van der Waals surface area (Å²) in [6, 6.07) is 14.5. The van der Waals surface area contributed by atoms with Crippen LogP contribution in [0.15, 0.2) is 65.7 Å². The molecule has 26 heavy (non-hydrogen) atoms. The lowest BCUT2D eigenvalue weighted by atomic mass is 10.2. The number of hydrogen-bond donors (Lipinski definition) is 1. The molecule has 0 aliphatic heterocycles. The zero-order valence-corrected chi connectivity index (χ0v) is 14.6. The van der Waals surface area contributed by atoms with Crippen LogP contribution in [0.5, 0.6) is 0 Å². The number of pyridine rings is 1. The van der Waals surface area contributed by atoms with E-state index in [0.717, 1.165) is 16.8 Å². The molecule has 2 aromatic heterocycles. The second-order valence-electron chi connectivity index (χ2n) is 5.99. The van der Waals surface area contributed by atoms with Gasteiger partial charge < -0.3 is 5.32 Å². The third kappa shape index (κ3) is 4.42. The van der Waals surface area contributed by atoms with Crippen LogP contribution in [0, 0.1) is 6.92 Å². The van der Waals surface area contributed by atoms with Crippen molar-refractivity contribution < 1.29 is 4.79 Å². The lowest BCUT2D eigenvalue weighted by Gasteiger charge is -2.09. The van der Waals surface area contributed by atoms with Gasteiger partial charge in [0.1, 0.15) is 0 Å². The first kappa shape index (κ1) is 17.5. The summed E-state index contributed by atoms with van der Waals surface area (Å²) in [5.74, 6) is -0.0734. The van der Waals surface area contributed by atoms with E-state index in [2.05, 4.69) is 15.4 Å². The number of nitrogens with zero attached hydrogens (tertiary/aromatic N) is 3. The molecule has 0 aliphatic carbocycles. The molecule has 0 unspecified atom stereocenters. The minimum Gasteiger partial charge on any atom is -0.326 e. The van der Waals surface area contributed by atoms with Crippen molar-refractivity contribution in [2.75, 3.05) is 5.32 Å². The van der Waals surface area contributed by atoms with Crippen LogP contribution in [-0.4, -0.2) is 20.7 Å². The van der Waals surface area contributed by atoms with Gasteiger partial charge >= 0.3 is 0 Å². The van der Waals surface area contributed by atoms with Gasteiger partial charge in [-0.2, -0.15) is 5.10 Å². The fraction of sp³-hybridized carbons (Fsp3) is 0.200. The Bertz CT molecular complexity index is 951. The largest absolute Gasteiger partial charge is 0.326 e.